The predicted molar refractivity (Wildman–Crippen MR) is 70.9 cm³/mol. The molecule has 17 heavy (non-hydrogen) atoms. The van der Waals surface area contributed by atoms with Crippen LogP contribution in [0, 0.1) is 0 Å². The van der Waals surface area contributed by atoms with Crippen LogP contribution in [0.25, 0.3) is 0 Å². The maximum Gasteiger partial charge on any atom is 0.259 e. The topological polar surface area (TPSA) is 20.3 Å². The van der Waals surface area contributed by atoms with E-state index in [4.69, 9.17) is 46.4 Å². The third kappa shape index (κ3) is 2.82. The third-order valence-corrected chi connectivity index (χ3v) is 3.96. The van der Waals surface area contributed by atoms with Crippen molar-refractivity contribution in [1.82, 2.24) is 4.90 Å². The summed E-state index contributed by atoms with van der Waals surface area (Å²) in [6.07, 6.45) is 0.431. The van der Waals surface area contributed by atoms with Gasteiger partial charge in [0, 0.05) is 29.6 Å². The summed E-state index contributed by atoms with van der Waals surface area (Å²) in [7, 11) is 0. The normalized spacial score (nSPS) is 18.8. The number of amides is 1. The zero-order valence-electron chi connectivity index (χ0n) is 8.72. The van der Waals surface area contributed by atoms with Crippen molar-refractivity contribution in [3.8, 4) is 0 Å². The Morgan fingerprint density at radius 2 is 2.00 bits per heavy atom. The second kappa shape index (κ2) is 4.85. The molecule has 0 spiro atoms. The molecular formula is C11H9Cl4NO. The molecule has 2 nitrogen and oxygen atoms in total. The molecule has 0 radical (unpaired) electrons. The highest BCUT2D eigenvalue weighted by molar-refractivity contribution is 6.58. The monoisotopic (exact) mass is 311 g/mol. The standard InChI is InChI=1S/C11H9Cl4NO/c12-8-2-1-7(9(13)5-8)6-16-4-3-11(14,15)10(16)17/h1-2,5H,3-4,6H2. The Balaban J connectivity index is 2.15. The van der Waals surface area contributed by atoms with Crippen LogP contribution in [0.2, 0.25) is 10.0 Å². The van der Waals surface area contributed by atoms with Gasteiger partial charge in [-0.25, -0.2) is 0 Å². The molecule has 1 fully saturated rings. The first kappa shape index (κ1) is 13.3. The van der Waals surface area contributed by atoms with E-state index in [-0.39, 0.29) is 5.91 Å². The fraction of sp³-hybridized carbons (Fsp3) is 0.364. The average molecular weight is 313 g/mol. The smallest absolute Gasteiger partial charge is 0.259 e. The largest absolute Gasteiger partial charge is 0.336 e. The molecule has 0 saturated carbocycles. The van der Waals surface area contributed by atoms with Gasteiger partial charge in [-0.3, -0.25) is 4.79 Å². The number of likely N-dealkylation sites (tertiary alicyclic amines) is 1. The van der Waals surface area contributed by atoms with Crippen LogP contribution in [-0.2, 0) is 11.3 Å². The zero-order valence-corrected chi connectivity index (χ0v) is 11.7. The van der Waals surface area contributed by atoms with Crippen LogP contribution in [-0.4, -0.2) is 21.7 Å². The highest BCUT2D eigenvalue weighted by atomic mass is 35.5. The Bertz CT molecular complexity index is 461. The van der Waals surface area contributed by atoms with E-state index < -0.39 is 4.33 Å². The third-order valence-electron chi connectivity index (χ3n) is 2.67. The highest BCUT2D eigenvalue weighted by Crippen LogP contribution is 2.35. The molecule has 0 bridgehead atoms. The molecule has 0 unspecified atom stereocenters. The number of carbonyl (C=O) groups is 1. The van der Waals surface area contributed by atoms with Crippen molar-refractivity contribution >= 4 is 52.3 Å². The molecule has 0 atom stereocenters. The van der Waals surface area contributed by atoms with Gasteiger partial charge in [-0.2, -0.15) is 0 Å². The lowest BCUT2D eigenvalue weighted by Gasteiger charge is -2.18. The van der Waals surface area contributed by atoms with Gasteiger partial charge in [-0.1, -0.05) is 52.5 Å². The molecule has 1 saturated heterocycles. The second-order valence-corrected chi connectivity index (χ2v) is 6.24. The first-order valence-corrected chi connectivity index (χ1v) is 6.52. The van der Waals surface area contributed by atoms with E-state index in [2.05, 4.69) is 0 Å². The molecule has 1 aliphatic rings. The van der Waals surface area contributed by atoms with E-state index in [1.54, 1.807) is 23.1 Å². The minimum absolute atomic E-state index is 0.271. The first-order chi connectivity index (χ1) is 7.90. The molecule has 1 heterocycles. The number of alkyl halides is 2. The molecule has 0 aromatic heterocycles. The number of carbonyl (C=O) groups excluding carboxylic acids is 1. The zero-order chi connectivity index (χ0) is 12.6. The molecule has 2 rings (SSSR count). The Labute approximate surface area is 119 Å². The SMILES string of the molecule is O=C1N(Cc2ccc(Cl)cc2Cl)CCC1(Cl)Cl. The first-order valence-electron chi connectivity index (χ1n) is 5.01. The molecular weight excluding hydrogens is 304 g/mol. The number of halogens is 4. The summed E-state index contributed by atoms with van der Waals surface area (Å²) in [4.78, 5) is 13.4. The lowest BCUT2D eigenvalue weighted by molar-refractivity contribution is -0.128. The van der Waals surface area contributed by atoms with Crippen LogP contribution in [0.5, 0.6) is 0 Å². The summed E-state index contributed by atoms with van der Waals surface area (Å²) in [6.45, 7) is 0.931. The van der Waals surface area contributed by atoms with Crippen LogP contribution < -0.4 is 0 Å². The van der Waals surface area contributed by atoms with Crippen molar-refractivity contribution in [3.05, 3.63) is 33.8 Å². The van der Waals surface area contributed by atoms with E-state index in [9.17, 15) is 4.79 Å². The van der Waals surface area contributed by atoms with E-state index in [1.165, 1.54) is 0 Å². The van der Waals surface area contributed by atoms with Gasteiger partial charge < -0.3 is 4.90 Å². The Morgan fingerprint density at radius 3 is 2.53 bits per heavy atom. The predicted octanol–water partition coefficient (Wildman–Crippen LogP) is 3.90. The molecule has 0 aliphatic carbocycles. The van der Waals surface area contributed by atoms with Crippen LogP contribution >= 0.6 is 46.4 Å². The quantitative estimate of drug-likeness (QED) is 0.758. The Kier molecular flexibility index (Phi) is 3.79. The van der Waals surface area contributed by atoms with Crippen molar-refractivity contribution in [3.63, 3.8) is 0 Å². The van der Waals surface area contributed by atoms with Gasteiger partial charge in [0.15, 0.2) is 4.33 Å². The summed E-state index contributed by atoms with van der Waals surface area (Å²) in [5.41, 5.74) is 0.829. The van der Waals surface area contributed by atoms with Gasteiger partial charge in [0.25, 0.3) is 5.91 Å². The van der Waals surface area contributed by atoms with Crippen LogP contribution in [0.3, 0.4) is 0 Å². The second-order valence-electron chi connectivity index (χ2n) is 3.92. The number of hydrogen-bond acceptors (Lipinski definition) is 1. The number of rotatable bonds is 2. The van der Waals surface area contributed by atoms with Gasteiger partial charge in [-0.05, 0) is 17.7 Å². The van der Waals surface area contributed by atoms with E-state index in [1.807, 2.05) is 0 Å². The molecule has 92 valence electrons. The summed E-state index contributed by atoms with van der Waals surface area (Å²) in [5, 5.41) is 1.10. The van der Waals surface area contributed by atoms with Crippen molar-refractivity contribution in [2.75, 3.05) is 6.54 Å². The van der Waals surface area contributed by atoms with Gasteiger partial charge in [0.1, 0.15) is 0 Å². The van der Waals surface area contributed by atoms with Gasteiger partial charge >= 0.3 is 0 Å². The van der Waals surface area contributed by atoms with E-state index >= 15 is 0 Å². The number of nitrogens with zero attached hydrogens (tertiary/aromatic N) is 1. The molecule has 1 aromatic rings. The maximum atomic E-state index is 11.8. The summed E-state index contributed by atoms with van der Waals surface area (Å²) in [5.74, 6) is -0.271. The van der Waals surface area contributed by atoms with Crippen molar-refractivity contribution in [2.45, 2.75) is 17.3 Å². The lowest BCUT2D eigenvalue weighted by Crippen LogP contribution is -2.31. The molecule has 1 aromatic carbocycles. The van der Waals surface area contributed by atoms with Crippen LogP contribution in [0.1, 0.15) is 12.0 Å². The minimum Gasteiger partial charge on any atom is -0.336 e. The fourth-order valence-corrected chi connectivity index (χ4v) is 2.60. The van der Waals surface area contributed by atoms with Crippen LogP contribution in [0.15, 0.2) is 18.2 Å². The molecule has 6 heteroatoms. The Morgan fingerprint density at radius 1 is 1.29 bits per heavy atom. The van der Waals surface area contributed by atoms with Crippen LogP contribution in [0.4, 0.5) is 0 Å². The molecule has 1 aliphatic heterocycles. The summed E-state index contributed by atoms with van der Waals surface area (Å²) >= 11 is 23.6. The summed E-state index contributed by atoms with van der Waals surface area (Å²) < 4.78 is -1.29. The maximum absolute atomic E-state index is 11.8. The van der Waals surface area contributed by atoms with Crippen molar-refractivity contribution in [2.24, 2.45) is 0 Å². The lowest BCUT2D eigenvalue weighted by atomic mass is 10.2. The van der Waals surface area contributed by atoms with Crippen molar-refractivity contribution in [1.29, 1.82) is 0 Å². The minimum atomic E-state index is -1.29. The molecule has 0 N–H and O–H groups in total. The van der Waals surface area contributed by atoms with E-state index in [0.717, 1.165) is 5.56 Å². The Hall–Kier alpha value is -0.150. The van der Waals surface area contributed by atoms with Crippen molar-refractivity contribution < 1.29 is 4.79 Å². The molecule has 1 amide bonds. The number of benzene rings is 1. The summed E-state index contributed by atoms with van der Waals surface area (Å²) in [6, 6.07) is 5.17. The highest BCUT2D eigenvalue weighted by Gasteiger charge is 2.43. The van der Waals surface area contributed by atoms with E-state index in [0.29, 0.717) is 29.6 Å². The average Bonchev–Trinajstić information content (AvgIpc) is 2.49. The fourth-order valence-electron chi connectivity index (χ4n) is 1.72. The van der Waals surface area contributed by atoms with Gasteiger partial charge in [0.2, 0.25) is 0 Å². The van der Waals surface area contributed by atoms with Gasteiger partial charge in [0.05, 0.1) is 0 Å². The van der Waals surface area contributed by atoms with Gasteiger partial charge in [-0.15, -0.1) is 0 Å². The number of hydrogen-bond donors (Lipinski definition) is 0.